The van der Waals surface area contributed by atoms with Crippen LogP contribution < -0.4 is 10.4 Å². The van der Waals surface area contributed by atoms with Gasteiger partial charge in [-0.15, -0.1) is 0 Å². The molecule has 0 aliphatic carbocycles. The highest BCUT2D eigenvalue weighted by Gasteiger charge is 2.29. The Morgan fingerprint density at radius 1 is 0.969 bits per heavy atom. The second kappa shape index (κ2) is 9.61. The predicted molar refractivity (Wildman–Crippen MR) is 124 cm³/mol. The lowest BCUT2D eigenvalue weighted by molar-refractivity contribution is 0.0710. The number of carbonyl (C=O) groups excluding carboxylic acids is 1. The van der Waals surface area contributed by atoms with Gasteiger partial charge in [-0.1, -0.05) is 66.0 Å². The molecule has 1 aliphatic rings. The largest absolute Gasteiger partial charge is 0.345 e. The molecule has 1 saturated heterocycles. The summed E-state index contributed by atoms with van der Waals surface area (Å²) in [6.45, 7) is 1.56. The molecule has 0 bridgehead atoms. The summed E-state index contributed by atoms with van der Waals surface area (Å²) in [5.74, 6) is -0.614. The highest BCUT2D eigenvalue weighted by atomic mass is 32.2. The van der Waals surface area contributed by atoms with Crippen LogP contribution in [-0.2, 0) is 10.0 Å². The monoisotopic (exact) mass is 470 g/mol. The van der Waals surface area contributed by atoms with Gasteiger partial charge in [0.2, 0.25) is 10.0 Å². The Bertz CT molecular complexity index is 1200. The normalized spacial score (nSPS) is 15.2. The SMILES string of the molecule is O=C(NO)c1cnc(N2CCN(S(=O)(=O)c3ccc(/C=C/c4ccccc4)cc3)CC2)s1. The fourth-order valence-corrected chi connectivity index (χ4v) is 5.63. The van der Waals surface area contributed by atoms with Crippen molar-refractivity contribution >= 4 is 44.6 Å². The molecule has 1 aliphatic heterocycles. The third kappa shape index (κ3) is 4.89. The number of hydroxylamine groups is 1. The number of nitrogens with one attached hydrogen (secondary N) is 1. The Morgan fingerprint density at radius 2 is 1.59 bits per heavy atom. The Kier molecular flexibility index (Phi) is 6.66. The van der Waals surface area contributed by atoms with Crippen LogP contribution in [0.15, 0.2) is 65.7 Å². The Labute approximate surface area is 190 Å². The molecule has 0 saturated carbocycles. The maximum atomic E-state index is 13.0. The van der Waals surface area contributed by atoms with E-state index in [9.17, 15) is 13.2 Å². The van der Waals surface area contributed by atoms with Gasteiger partial charge in [0, 0.05) is 26.2 Å². The van der Waals surface area contributed by atoms with E-state index in [-0.39, 0.29) is 4.90 Å². The number of rotatable bonds is 6. The van der Waals surface area contributed by atoms with Crippen molar-refractivity contribution in [3.8, 4) is 0 Å². The van der Waals surface area contributed by atoms with E-state index in [4.69, 9.17) is 5.21 Å². The Morgan fingerprint density at radius 3 is 2.22 bits per heavy atom. The van der Waals surface area contributed by atoms with Crippen molar-refractivity contribution in [2.24, 2.45) is 0 Å². The first-order chi connectivity index (χ1) is 15.5. The van der Waals surface area contributed by atoms with Crippen molar-refractivity contribution in [2.75, 3.05) is 31.1 Å². The van der Waals surface area contributed by atoms with Gasteiger partial charge in [0.05, 0.1) is 11.1 Å². The average Bonchev–Trinajstić information content (AvgIpc) is 3.34. The molecular weight excluding hydrogens is 448 g/mol. The number of anilines is 1. The minimum atomic E-state index is -3.60. The molecule has 1 amide bonds. The predicted octanol–water partition coefficient (Wildman–Crippen LogP) is 2.94. The minimum Gasteiger partial charge on any atom is -0.345 e. The van der Waals surface area contributed by atoms with Crippen LogP contribution in [0.1, 0.15) is 20.8 Å². The van der Waals surface area contributed by atoms with Crippen molar-refractivity contribution in [2.45, 2.75) is 4.90 Å². The molecule has 1 aromatic heterocycles. The second-order valence-electron chi connectivity index (χ2n) is 7.15. The number of hydrogen-bond acceptors (Lipinski definition) is 7. The molecule has 1 fully saturated rings. The molecule has 2 heterocycles. The maximum Gasteiger partial charge on any atom is 0.286 e. The standard InChI is InChI=1S/C22H22N4O4S2/c27-21(24-28)20-16-23-22(31-20)25-12-14-26(15-13-25)32(29,30)19-10-8-18(9-11-19)7-6-17-4-2-1-3-5-17/h1-11,16,28H,12-15H2,(H,24,27)/b7-6+. The molecular formula is C22H22N4O4S2. The van der Waals surface area contributed by atoms with E-state index in [1.807, 2.05) is 47.4 Å². The smallest absolute Gasteiger partial charge is 0.286 e. The first-order valence-electron chi connectivity index (χ1n) is 9.96. The molecule has 166 valence electrons. The van der Waals surface area contributed by atoms with Gasteiger partial charge in [0.25, 0.3) is 5.91 Å². The zero-order chi connectivity index (χ0) is 22.6. The van der Waals surface area contributed by atoms with Crippen molar-refractivity contribution < 1.29 is 18.4 Å². The van der Waals surface area contributed by atoms with Crippen molar-refractivity contribution in [1.29, 1.82) is 0 Å². The molecule has 0 radical (unpaired) electrons. The highest BCUT2D eigenvalue weighted by molar-refractivity contribution is 7.89. The summed E-state index contributed by atoms with van der Waals surface area (Å²) in [7, 11) is -3.60. The number of amides is 1. The summed E-state index contributed by atoms with van der Waals surface area (Å²) in [6, 6.07) is 16.8. The Hall–Kier alpha value is -3.05. The first kappa shape index (κ1) is 22.2. The van der Waals surface area contributed by atoms with Crippen LogP contribution in [0.4, 0.5) is 5.13 Å². The lowest BCUT2D eigenvalue weighted by Crippen LogP contribution is -2.48. The zero-order valence-corrected chi connectivity index (χ0v) is 18.7. The van der Waals surface area contributed by atoms with Crippen LogP contribution in [0, 0.1) is 0 Å². The van der Waals surface area contributed by atoms with Crippen molar-refractivity contribution in [3.63, 3.8) is 0 Å². The fourth-order valence-electron chi connectivity index (χ4n) is 3.35. The van der Waals surface area contributed by atoms with E-state index in [1.165, 1.54) is 10.5 Å². The molecule has 0 atom stereocenters. The van der Waals surface area contributed by atoms with Crippen LogP contribution in [0.5, 0.6) is 0 Å². The van der Waals surface area contributed by atoms with Gasteiger partial charge in [-0.05, 0) is 23.3 Å². The van der Waals surface area contributed by atoms with Crippen LogP contribution >= 0.6 is 11.3 Å². The fraction of sp³-hybridized carbons (Fsp3) is 0.182. The third-order valence-electron chi connectivity index (χ3n) is 5.11. The van der Waals surface area contributed by atoms with Crippen LogP contribution in [0.3, 0.4) is 0 Å². The molecule has 10 heteroatoms. The minimum absolute atomic E-state index is 0.263. The molecule has 32 heavy (non-hydrogen) atoms. The number of aromatic nitrogens is 1. The topological polar surface area (TPSA) is 103 Å². The van der Waals surface area contributed by atoms with E-state index in [0.717, 1.165) is 22.5 Å². The zero-order valence-electron chi connectivity index (χ0n) is 17.1. The van der Waals surface area contributed by atoms with Crippen molar-refractivity contribution in [3.05, 3.63) is 76.8 Å². The molecule has 8 nitrogen and oxygen atoms in total. The van der Waals surface area contributed by atoms with E-state index in [0.29, 0.717) is 36.2 Å². The van der Waals surface area contributed by atoms with E-state index in [2.05, 4.69) is 4.98 Å². The van der Waals surface area contributed by atoms with Gasteiger partial charge in [-0.25, -0.2) is 18.9 Å². The molecule has 0 unspecified atom stereocenters. The van der Waals surface area contributed by atoms with Gasteiger partial charge in [-0.2, -0.15) is 4.31 Å². The summed E-state index contributed by atoms with van der Waals surface area (Å²) in [6.07, 6.45) is 5.32. The summed E-state index contributed by atoms with van der Waals surface area (Å²) < 4.78 is 27.6. The number of hydrogen-bond donors (Lipinski definition) is 2. The average molecular weight is 471 g/mol. The number of benzene rings is 2. The Balaban J connectivity index is 1.39. The maximum absolute atomic E-state index is 13.0. The third-order valence-corrected chi connectivity index (χ3v) is 8.08. The summed E-state index contributed by atoms with van der Waals surface area (Å²) in [4.78, 5) is 18.2. The number of thiazole rings is 1. The van der Waals surface area contributed by atoms with Gasteiger partial charge in [0.1, 0.15) is 4.88 Å². The molecule has 0 spiro atoms. The summed E-state index contributed by atoms with van der Waals surface area (Å²) in [5, 5.41) is 9.35. The van der Waals surface area contributed by atoms with Gasteiger partial charge < -0.3 is 4.90 Å². The van der Waals surface area contributed by atoms with Gasteiger partial charge in [-0.3, -0.25) is 10.0 Å². The van der Waals surface area contributed by atoms with E-state index in [1.54, 1.807) is 29.7 Å². The lowest BCUT2D eigenvalue weighted by atomic mass is 10.1. The number of nitrogens with zero attached hydrogens (tertiary/aromatic N) is 3. The molecule has 2 N–H and O–H groups in total. The molecule has 3 aromatic rings. The van der Waals surface area contributed by atoms with Gasteiger partial charge in [0.15, 0.2) is 5.13 Å². The van der Waals surface area contributed by atoms with Crippen LogP contribution in [-0.4, -0.2) is 55.0 Å². The van der Waals surface area contributed by atoms with E-state index < -0.39 is 15.9 Å². The van der Waals surface area contributed by atoms with Crippen LogP contribution in [0.25, 0.3) is 12.2 Å². The quantitative estimate of drug-likeness (QED) is 0.326. The van der Waals surface area contributed by atoms with Crippen LogP contribution in [0.2, 0.25) is 0 Å². The summed E-state index contributed by atoms with van der Waals surface area (Å²) in [5.41, 5.74) is 3.58. The lowest BCUT2D eigenvalue weighted by Gasteiger charge is -2.33. The summed E-state index contributed by atoms with van der Waals surface area (Å²) >= 11 is 1.15. The highest BCUT2D eigenvalue weighted by Crippen LogP contribution is 2.25. The van der Waals surface area contributed by atoms with E-state index >= 15 is 0 Å². The number of sulfonamides is 1. The molecule has 4 rings (SSSR count). The van der Waals surface area contributed by atoms with Gasteiger partial charge >= 0.3 is 0 Å². The second-order valence-corrected chi connectivity index (χ2v) is 10.1. The van der Waals surface area contributed by atoms with Crippen molar-refractivity contribution in [1.82, 2.24) is 14.8 Å². The number of piperazine rings is 1. The number of carbonyl (C=O) groups is 1. The first-order valence-corrected chi connectivity index (χ1v) is 12.2. The molecule has 2 aromatic carbocycles.